The van der Waals surface area contributed by atoms with E-state index < -0.39 is 0 Å². The monoisotopic (exact) mass is 333 g/mol. The zero-order chi connectivity index (χ0) is 17.7. The van der Waals surface area contributed by atoms with Crippen molar-refractivity contribution < 1.29 is 4.57 Å². The van der Waals surface area contributed by atoms with E-state index in [1.165, 1.54) is 0 Å². The average Bonchev–Trinajstić information content (AvgIpc) is 3.13. The second-order valence-corrected chi connectivity index (χ2v) is 7.25. The van der Waals surface area contributed by atoms with Crippen molar-refractivity contribution >= 4 is 0 Å². The second kappa shape index (κ2) is 5.51. The summed E-state index contributed by atoms with van der Waals surface area (Å²) >= 11 is 0. The molecule has 4 rings (SSSR count). The summed E-state index contributed by atoms with van der Waals surface area (Å²) in [5, 5.41) is 4.98. The number of benzene rings is 1. The molecule has 0 N–H and O–H groups in total. The van der Waals surface area contributed by atoms with E-state index in [1.54, 1.807) is 0 Å². The smallest absolute Gasteiger partial charge is 0.227 e. The predicted molar refractivity (Wildman–Crippen MR) is 99.0 cm³/mol. The largest absolute Gasteiger partial charge is 0.250 e. The number of hydrogen-bond donors (Lipinski definition) is 0. The molecule has 1 aromatic carbocycles. The van der Waals surface area contributed by atoms with Gasteiger partial charge >= 0.3 is 0 Å². The molecule has 2 aromatic heterocycles. The highest BCUT2D eigenvalue weighted by molar-refractivity contribution is 5.59. The van der Waals surface area contributed by atoms with Crippen molar-refractivity contribution in [3.63, 3.8) is 0 Å². The van der Waals surface area contributed by atoms with Crippen LogP contribution < -0.4 is 4.57 Å². The third kappa shape index (κ3) is 2.03. The van der Waals surface area contributed by atoms with Crippen molar-refractivity contribution in [3.8, 4) is 22.9 Å². The molecule has 0 aliphatic carbocycles. The van der Waals surface area contributed by atoms with Gasteiger partial charge in [0.1, 0.15) is 5.54 Å². The van der Waals surface area contributed by atoms with Crippen LogP contribution in [-0.2, 0) is 11.1 Å². The van der Waals surface area contributed by atoms with Crippen LogP contribution in [0.1, 0.15) is 40.5 Å². The fourth-order valence-corrected chi connectivity index (χ4v) is 4.16. The quantitative estimate of drug-likeness (QED) is 0.674. The minimum Gasteiger partial charge on any atom is -0.227 e. The normalized spacial score (nSPS) is 24.6. The molecular weight excluding hydrogens is 308 g/mol. The summed E-state index contributed by atoms with van der Waals surface area (Å²) in [6, 6.07) is 16.6. The first kappa shape index (κ1) is 16.0. The Kier molecular flexibility index (Phi) is 3.53. The van der Waals surface area contributed by atoms with Crippen molar-refractivity contribution in [1.29, 1.82) is 0 Å². The summed E-state index contributed by atoms with van der Waals surface area (Å²) in [5.41, 5.74) is 1.99. The van der Waals surface area contributed by atoms with Crippen LogP contribution in [0.4, 0.5) is 0 Å². The van der Waals surface area contributed by atoms with Gasteiger partial charge in [-0.1, -0.05) is 44.2 Å². The summed E-state index contributed by atoms with van der Waals surface area (Å²) in [6.07, 6.45) is 4.20. The van der Waals surface area contributed by atoms with Gasteiger partial charge in [-0.3, -0.25) is 0 Å². The van der Waals surface area contributed by atoms with Crippen LogP contribution in [0.2, 0.25) is 0 Å². The molecule has 0 spiro atoms. The molecule has 0 bridgehead atoms. The molecule has 0 saturated heterocycles. The lowest BCUT2D eigenvalue weighted by Gasteiger charge is -2.44. The maximum atomic E-state index is 4.98. The number of fused-ring (bicyclic) bond motifs is 3. The third-order valence-corrected chi connectivity index (χ3v) is 6.26. The molecule has 0 amide bonds. The Hall–Kier alpha value is -2.49. The minimum absolute atomic E-state index is 0.0625. The van der Waals surface area contributed by atoms with Gasteiger partial charge in [0.15, 0.2) is 17.6 Å². The maximum absolute atomic E-state index is 4.98. The first-order chi connectivity index (χ1) is 12.0. The van der Waals surface area contributed by atoms with Gasteiger partial charge in [0.2, 0.25) is 5.82 Å². The first-order valence-electron chi connectivity index (χ1n) is 9.09. The highest BCUT2D eigenvalue weighted by Crippen LogP contribution is 2.44. The maximum Gasteiger partial charge on any atom is 0.250 e. The van der Waals surface area contributed by atoms with E-state index in [4.69, 9.17) is 10.1 Å². The van der Waals surface area contributed by atoms with Crippen LogP contribution in [0, 0.1) is 0 Å². The van der Waals surface area contributed by atoms with Gasteiger partial charge in [-0.25, -0.2) is 9.67 Å². The number of rotatable bonds is 3. The lowest BCUT2D eigenvalue weighted by atomic mass is 9.73. The van der Waals surface area contributed by atoms with E-state index in [9.17, 15) is 0 Å². The van der Waals surface area contributed by atoms with Crippen LogP contribution in [0.5, 0.6) is 0 Å². The Morgan fingerprint density at radius 2 is 1.68 bits per heavy atom. The number of aromatic nitrogens is 4. The topological polar surface area (TPSA) is 34.6 Å². The van der Waals surface area contributed by atoms with Crippen molar-refractivity contribution in [2.45, 2.75) is 51.6 Å². The van der Waals surface area contributed by atoms with Gasteiger partial charge in [-0.05, 0) is 19.4 Å². The van der Waals surface area contributed by atoms with Crippen molar-refractivity contribution in [1.82, 2.24) is 14.8 Å². The zero-order valence-corrected chi connectivity index (χ0v) is 15.4. The molecule has 128 valence electrons. The summed E-state index contributed by atoms with van der Waals surface area (Å²) in [4.78, 5) is 4.94. The van der Waals surface area contributed by atoms with E-state index in [0.29, 0.717) is 0 Å². The number of hydrogen-bond acceptors (Lipinski definition) is 2. The van der Waals surface area contributed by atoms with Crippen molar-refractivity contribution in [2.75, 3.05) is 0 Å². The molecule has 25 heavy (non-hydrogen) atoms. The molecule has 3 aromatic rings. The molecule has 1 aliphatic heterocycles. The molecule has 0 fully saturated rings. The first-order valence-corrected chi connectivity index (χ1v) is 9.09. The highest BCUT2D eigenvalue weighted by atomic mass is 15.4. The summed E-state index contributed by atoms with van der Waals surface area (Å²) < 4.78 is 4.57. The Labute approximate surface area is 149 Å². The van der Waals surface area contributed by atoms with Gasteiger partial charge in [-0.2, -0.15) is 4.57 Å². The van der Waals surface area contributed by atoms with Crippen LogP contribution in [-0.4, -0.2) is 14.8 Å². The number of nitrogens with zero attached hydrogens (tertiary/aromatic N) is 4. The van der Waals surface area contributed by atoms with E-state index >= 15 is 0 Å². The fourth-order valence-electron chi connectivity index (χ4n) is 4.16. The molecule has 0 saturated carbocycles. The van der Waals surface area contributed by atoms with Gasteiger partial charge in [0.25, 0.3) is 5.69 Å². The molecule has 3 heterocycles. The van der Waals surface area contributed by atoms with Gasteiger partial charge < -0.3 is 0 Å². The van der Waals surface area contributed by atoms with Crippen LogP contribution in [0.3, 0.4) is 0 Å². The summed E-state index contributed by atoms with van der Waals surface area (Å²) in [6.45, 7) is 9.16. The van der Waals surface area contributed by atoms with Crippen molar-refractivity contribution in [3.05, 3.63) is 54.7 Å². The Morgan fingerprint density at radius 3 is 2.36 bits per heavy atom. The molecule has 2 unspecified atom stereocenters. The Morgan fingerprint density at radius 1 is 0.960 bits per heavy atom. The molecule has 4 heteroatoms. The van der Waals surface area contributed by atoms with E-state index in [2.05, 4.69) is 73.5 Å². The van der Waals surface area contributed by atoms with E-state index in [-0.39, 0.29) is 11.1 Å². The van der Waals surface area contributed by atoms with Crippen molar-refractivity contribution in [2.24, 2.45) is 0 Å². The standard InChI is InChI=1S/C21H25N4/c1-5-20(3)21(4,6-2)25-19(17-14-10-11-15-24(17)20)22-18(23-25)16-12-8-7-9-13-16/h7-15H,5-6H2,1-4H3/q+1. The SMILES string of the molecule is CCC1(C)n2nc(-c3ccccc3)nc2-c2cccc[n+]2C1(C)CC. The van der Waals surface area contributed by atoms with Gasteiger partial charge in [-0.15, -0.1) is 5.10 Å². The molecule has 0 radical (unpaired) electrons. The Balaban J connectivity index is 2.03. The summed E-state index contributed by atoms with van der Waals surface area (Å²) in [7, 11) is 0. The van der Waals surface area contributed by atoms with E-state index in [0.717, 1.165) is 35.7 Å². The van der Waals surface area contributed by atoms with Crippen LogP contribution in [0.25, 0.3) is 22.9 Å². The lowest BCUT2D eigenvalue weighted by Crippen LogP contribution is -2.70. The highest BCUT2D eigenvalue weighted by Gasteiger charge is 2.57. The predicted octanol–water partition coefficient (Wildman–Crippen LogP) is 4.16. The minimum atomic E-state index is -0.143. The lowest BCUT2D eigenvalue weighted by molar-refractivity contribution is -0.770. The molecule has 4 nitrogen and oxygen atoms in total. The molecular formula is C21H25N4+. The van der Waals surface area contributed by atoms with Gasteiger partial charge in [0.05, 0.1) is 0 Å². The van der Waals surface area contributed by atoms with Crippen LogP contribution >= 0.6 is 0 Å². The third-order valence-electron chi connectivity index (χ3n) is 6.26. The van der Waals surface area contributed by atoms with Gasteiger partial charge in [0, 0.05) is 31.0 Å². The van der Waals surface area contributed by atoms with Crippen LogP contribution in [0.15, 0.2) is 54.7 Å². The Bertz CT molecular complexity index is 915. The zero-order valence-electron chi connectivity index (χ0n) is 15.4. The summed E-state index contributed by atoms with van der Waals surface area (Å²) in [5.74, 6) is 1.75. The average molecular weight is 333 g/mol. The number of pyridine rings is 1. The van der Waals surface area contributed by atoms with E-state index in [1.807, 2.05) is 18.2 Å². The molecule has 2 atom stereocenters. The molecule has 1 aliphatic rings. The fraction of sp³-hybridized carbons (Fsp3) is 0.381. The second-order valence-electron chi connectivity index (χ2n) is 7.25.